The molecule has 0 saturated heterocycles. The zero-order valence-corrected chi connectivity index (χ0v) is 16.0. The van der Waals surface area contributed by atoms with Crippen LogP contribution in [0.15, 0.2) is 42.7 Å². The van der Waals surface area contributed by atoms with Crippen molar-refractivity contribution >= 4 is 28.5 Å². The molecule has 1 aromatic carbocycles. The number of nitrogens with one attached hydrogen (secondary N) is 2. The second kappa shape index (κ2) is 6.17. The number of hydrogen-bond acceptors (Lipinski definition) is 3. The number of anilines is 1. The summed E-state index contributed by atoms with van der Waals surface area (Å²) >= 11 is 0. The Morgan fingerprint density at radius 2 is 1.93 bits per heavy atom. The number of pyridine rings is 1. The van der Waals surface area contributed by atoms with Crippen LogP contribution in [0.3, 0.4) is 0 Å². The standard InChI is InChI=1S/C23H22N4O2/c28-22(17-9-11-25-21-16(17)8-10-24-21)26-18-3-1-2-15-12-27(23(29)19(15)18)20(13-4-5-13)14-6-7-14/h1-3,8-11,13-14,20H,4-7,12H2,(H,24,25)(H,26,28). The molecule has 146 valence electrons. The molecule has 2 aliphatic carbocycles. The quantitative estimate of drug-likeness (QED) is 0.697. The Labute approximate surface area is 168 Å². The molecule has 1 aliphatic heterocycles. The maximum Gasteiger partial charge on any atom is 0.256 e. The molecule has 3 aliphatic rings. The summed E-state index contributed by atoms with van der Waals surface area (Å²) in [7, 11) is 0. The van der Waals surface area contributed by atoms with Crippen LogP contribution in [0.2, 0.25) is 0 Å². The van der Waals surface area contributed by atoms with Crippen LogP contribution < -0.4 is 5.32 Å². The highest BCUT2D eigenvalue weighted by molar-refractivity contribution is 6.14. The Bertz CT molecular complexity index is 1130. The van der Waals surface area contributed by atoms with E-state index in [4.69, 9.17) is 0 Å². The van der Waals surface area contributed by atoms with Crippen LogP contribution in [-0.4, -0.2) is 32.7 Å². The Morgan fingerprint density at radius 1 is 1.14 bits per heavy atom. The van der Waals surface area contributed by atoms with Crippen molar-refractivity contribution in [3.8, 4) is 0 Å². The van der Waals surface area contributed by atoms with Gasteiger partial charge in [-0.05, 0) is 61.3 Å². The Hall–Kier alpha value is -3.15. The maximum atomic E-state index is 13.4. The fourth-order valence-corrected chi connectivity index (χ4v) is 4.85. The topological polar surface area (TPSA) is 78.1 Å². The van der Waals surface area contributed by atoms with Crippen LogP contribution in [0, 0.1) is 11.8 Å². The summed E-state index contributed by atoms with van der Waals surface area (Å²) in [6.07, 6.45) is 8.33. The molecule has 6 nitrogen and oxygen atoms in total. The summed E-state index contributed by atoms with van der Waals surface area (Å²) in [5, 5.41) is 3.76. The number of nitrogens with zero attached hydrogens (tertiary/aromatic N) is 2. The van der Waals surface area contributed by atoms with Crippen LogP contribution in [-0.2, 0) is 6.54 Å². The van der Waals surface area contributed by atoms with E-state index < -0.39 is 0 Å². The zero-order chi connectivity index (χ0) is 19.5. The van der Waals surface area contributed by atoms with Gasteiger partial charge in [-0.3, -0.25) is 9.59 Å². The first-order valence-corrected chi connectivity index (χ1v) is 10.4. The minimum Gasteiger partial charge on any atom is -0.346 e. The Kier molecular flexibility index (Phi) is 3.57. The molecular weight excluding hydrogens is 364 g/mol. The predicted molar refractivity (Wildman–Crippen MR) is 110 cm³/mol. The molecule has 29 heavy (non-hydrogen) atoms. The van der Waals surface area contributed by atoms with Gasteiger partial charge in [-0.25, -0.2) is 4.98 Å². The molecule has 3 heterocycles. The lowest BCUT2D eigenvalue weighted by Gasteiger charge is -2.28. The van der Waals surface area contributed by atoms with Crippen LogP contribution in [0.25, 0.3) is 11.0 Å². The van der Waals surface area contributed by atoms with Crippen molar-refractivity contribution in [1.29, 1.82) is 0 Å². The average Bonchev–Trinajstić information content (AvgIpc) is 3.65. The molecule has 6 rings (SSSR count). The van der Waals surface area contributed by atoms with Gasteiger partial charge in [0, 0.05) is 30.4 Å². The number of H-pyrrole nitrogens is 1. The number of hydrogen-bond donors (Lipinski definition) is 2. The SMILES string of the molecule is O=C(Nc1cccc2c1C(=O)N(C(C1CC1)C1CC1)C2)c1ccnc2[nH]ccc12. The number of rotatable bonds is 5. The molecular formula is C23H22N4O2. The van der Waals surface area contributed by atoms with Crippen molar-refractivity contribution in [3.05, 3.63) is 59.4 Å². The van der Waals surface area contributed by atoms with Gasteiger partial charge < -0.3 is 15.2 Å². The van der Waals surface area contributed by atoms with E-state index in [1.807, 2.05) is 24.3 Å². The van der Waals surface area contributed by atoms with E-state index >= 15 is 0 Å². The lowest BCUT2D eigenvalue weighted by Crippen LogP contribution is -2.38. The highest BCUT2D eigenvalue weighted by Crippen LogP contribution is 2.49. The van der Waals surface area contributed by atoms with E-state index in [1.165, 1.54) is 25.7 Å². The molecule has 0 unspecified atom stereocenters. The molecule has 2 N–H and O–H groups in total. The van der Waals surface area contributed by atoms with E-state index in [-0.39, 0.29) is 11.8 Å². The van der Waals surface area contributed by atoms with E-state index in [0.29, 0.717) is 46.9 Å². The minimum absolute atomic E-state index is 0.0706. The average molecular weight is 386 g/mol. The monoisotopic (exact) mass is 386 g/mol. The van der Waals surface area contributed by atoms with Crippen molar-refractivity contribution in [3.63, 3.8) is 0 Å². The molecule has 2 amide bonds. The molecule has 6 heteroatoms. The number of fused-ring (bicyclic) bond motifs is 2. The number of carbonyl (C=O) groups excluding carboxylic acids is 2. The summed E-state index contributed by atoms with van der Waals surface area (Å²) in [6, 6.07) is 9.69. The van der Waals surface area contributed by atoms with Gasteiger partial charge in [0.1, 0.15) is 5.65 Å². The first-order chi connectivity index (χ1) is 14.2. The fraction of sp³-hybridized carbons (Fsp3) is 0.348. The molecule has 3 aromatic rings. The van der Waals surface area contributed by atoms with Crippen LogP contribution in [0.1, 0.15) is 52.0 Å². The second-order valence-electron chi connectivity index (χ2n) is 8.49. The normalized spacial score (nSPS) is 18.5. The van der Waals surface area contributed by atoms with Gasteiger partial charge in [-0.15, -0.1) is 0 Å². The number of amides is 2. The van der Waals surface area contributed by atoms with Gasteiger partial charge in [0.25, 0.3) is 11.8 Å². The smallest absolute Gasteiger partial charge is 0.256 e. The third-order valence-electron chi connectivity index (χ3n) is 6.49. The van der Waals surface area contributed by atoms with Crippen LogP contribution in [0.4, 0.5) is 5.69 Å². The van der Waals surface area contributed by atoms with Crippen LogP contribution >= 0.6 is 0 Å². The number of aromatic amines is 1. The van der Waals surface area contributed by atoms with Crippen molar-refractivity contribution in [2.24, 2.45) is 11.8 Å². The van der Waals surface area contributed by atoms with Crippen molar-refractivity contribution in [2.75, 3.05) is 5.32 Å². The summed E-state index contributed by atoms with van der Waals surface area (Å²) in [5.41, 5.74) is 3.50. The first-order valence-electron chi connectivity index (χ1n) is 10.4. The zero-order valence-electron chi connectivity index (χ0n) is 16.0. The summed E-state index contributed by atoms with van der Waals surface area (Å²) in [6.45, 7) is 0.660. The second-order valence-corrected chi connectivity index (χ2v) is 8.49. The largest absolute Gasteiger partial charge is 0.346 e. The Morgan fingerprint density at radius 3 is 2.69 bits per heavy atom. The molecule has 2 aromatic heterocycles. The van der Waals surface area contributed by atoms with Gasteiger partial charge in [0.05, 0.1) is 16.8 Å². The summed E-state index contributed by atoms with van der Waals surface area (Å²) in [5.74, 6) is 1.17. The van der Waals surface area contributed by atoms with Gasteiger partial charge >= 0.3 is 0 Å². The summed E-state index contributed by atoms with van der Waals surface area (Å²) < 4.78 is 0. The van der Waals surface area contributed by atoms with Crippen LogP contribution in [0.5, 0.6) is 0 Å². The fourth-order valence-electron chi connectivity index (χ4n) is 4.85. The summed E-state index contributed by atoms with van der Waals surface area (Å²) in [4.78, 5) is 35.7. The van der Waals surface area contributed by atoms with Gasteiger partial charge in [0.15, 0.2) is 0 Å². The van der Waals surface area contributed by atoms with Gasteiger partial charge in [-0.1, -0.05) is 12.1 Å². The number of benzene rings is 1. The van der Waals surface area contributed by atoms with Crippen molar-refractivity contribution < 1.29 is 9.59 Å². The molecule has 2 fully saturated rings. The van der Waals surface area contributed by atoms with Crippen molar-refractivity contribution in [1.82, 2.24) is 14.9 Å². The highest BCUT2D eigenvalue weighted by atomic mass is 16.2. The molecule has 0 radical (unpaired) electrons. The van der Waals surface area contributed by atoms with E-state index in [1.54, 1.807) is 18.5 Å². The minimum atomic E-state index is -0.224. The van der Waals surface area contributed by atoms with Gasteiger partial charge in [-0.2, -0.15) is 0 Å². The maximum absolute atomic E-state index is 13.4. The molecule has 0 atom stereocenters. The van der Waals surface area contributed by atoms with Crippen molar-refractivity contribution in [2.45, 2.75) is 38.3 Å². The Balaban J connectivity index is 1.32. The lowest BCUT2D eigenvalue weighted by atomic mass is 10.1. The third kappa shape index (κ3) is 2.74. The highest BCUT2D eigenvalue weighted by Gasteiger charge is 2.48. The predicted octanol–water partition coefficient (Wildman–Crippen LogP) is 3.96. The number of aromatic nitrogens is 2. The van der Waals surface area contributed by atoms with E-state index in [2.05, 4.69) is 20.2 Å². The molecule has 2 saturated carbocycles. The van der Waals surface area contributed by atoms with E-state index in [0.717, 1.165) is 10.9 Å². The first kappa shape index (κ1) is 16.8. The van der Waals surface area contributed by atoms with Gasteiger partial charge in [0.2, 0.25) is 0 Å². The number of carbonyl (C=O) groups is 2. The third-order valence-corrected chi connectivity index (χ3v) is 6.49. The molecule has 0 bridgehead atoms. The molecule has 0 spiro atoms. The van der Waals surface area contributed by atoms with E-state index in [9.17, 15) is 9.59 Å². The lowest BCUT2D eigenvalue weighted by molar-refractivity contribution is 0.0653.